The molecule has 31 heavy (non-hydrogen) atoms. The molecule has 0 heterocycles. The Bertz CT molecular complexity index is 1030. The van der Waals surface area contributed by atoms with E-state index in [0.29, 0.717) is 28.6 Å². The van der Waals surface area contributed by atoms with Gasteiger partial charge in [0.05, 0.1) is 6.42 Å². The summed E-state index contributed by atoms with van der Waals surface area (Å²) in [5.74, 6) is -0.395. The zero-order chi connectivity index (χ0) is 22.2. The second kappa shape index (κ2) is 11.0. The fourth-order valence-corrected chi connectivity index (χ4v) is 3.91. The molecule has 2 amide bonds. The molecule has 0 radical (unpaired) electrons. The normalized spacial score (nSPS) is 11.6. The molecule has 6 heteroatoms. The predicted molar refractivity (Wildman–Crippen MR) is 125 cm³/mol. The zero-order valence-corrected chi connectivity index (χ0v) is 18.7. The lowest BCUT2D eigenvalue weighted by atomic mass is 10.0. The van der Waals surface area contributed by atoms with Crippen molar-refractivity contribution in [1.29, 1.82) is 0 Å². The van der Waals surface area contributed by atoms with E-state index >= 15 is 0 Å². The van der Waals surface area contributed by atoms with Gasteiger partial charge in [0.2, 0.25) is 11.8 Å². The molecule has 0 aliphatic carbocycles. The zero-order valence-electron chi connectivity index (χ0n) is 17.2. The lowest BCUT2D eigenvalue weighted by Crippen LogP contribution is -2.50. The van der Waals surface area contributed by atoms with Crippen molar-refractivity contribution >= 4 is 35.0 Å². The van der Waals surface area contributed by atoms with Gasteiger partial charge in [-0.3, -0.25) is 9.59 Å². The molecule has 0 saturated carbocycles. The van der Waals surface area contributed by atoms with Gasteiger partial charge in [0.1, 0.15) is 6.04 Å². The number of nitrogens with zero attached hydrogens (tertiary/aromatic N) is 1. The van der Waals surface area contributed by atoms with Crippen molar-refractivity contribution in [1.82, 2.24) is 10.2 Å². The van der Waals surface area contributed by atoms with Crippen LogP contribution in [0.5, 0.6) is 0 Å². The van der Waals surface area contributed by atoms with Crippen LogP contribution in [0.25, 0.3) is 0 Å². The lowest BCUT2D eigenvalue weighted by Gasteiger charge is -2.31. The van der Waals surface area contributed by atoms with Crippen LogP contribution in [0.2, 0.25) is 10.0 Å². The maximum absolute atomic E-state index is 13.5. The number of nitrogens with one attached hydrogen (secondary N) is 1. The van der Waals surface area contributed by atoms with Gasteiger partial charge in [-0.15, -0.1) is 0 Å². The number of carbonyl (C=O) groups excluding carboxylic acids is 2. The Hall–Kier alpha value is -2.82. The van der Waals surface area contributed by atoms with Crippen LogP contribution in [0.3, 0.4) is 0 Å². The molecule has 0 saturated heterocycles. The van der Waals surface area contributed by atoms with Gasteiger partial charge in [-0.1, -0.05) is 89.9 Å². The smallest absolute Gasteiger partial charge is 0.242 e. The summed E-state index contributed by atoms with van der Waals surface area (Å²) in [6, 6.07) is 23.7. The van der Waals surface area contributed by atoms with Gasteiger partial charge in [-0.25, -0.2) is 0 Å². The Kier molecular flexibility index (Phi) is 8.10. The first-order valence-electron chi connectivity index (χ1n) is 10.0. The number of rotatable bonds is 8. The minimum atomic E-state index is -0.661. The van der Waals surface area contributed by atoms with Gasteiger partial charge in [0.15, 0.2) is 0 Å². The summed E-state index contributed by atoms with van der Waals surface area (Å²) in [5.41, 5.74) is 2.59. The highest BCUT2D eigenvalue weighted by atomic mass is 35.5. The number of hydrogen-bond acceptors (Lipinski definition) is 2. The van der Waals surface area contributed by atoms with Crippen LogP contribution in [0, 0.1) is 0 Å². The third-order valence-electron chi connectivity index (χ3n) is 5.07. The van der Waals surface area contributed by atoms with E-state index in [1.165, 1.54) is 0 Å². The van der Waals surface area contributed by atoms with E-state index in [1.807, 2.05) is 60.7 Å². The Morgan fingerprint density at radius 2 is 1.52 bits per heavy atom. The minimum Gasteiger partial charge on any atom is -0.357 e. The summed E-state index contributed by atoms with van der Waals surface area (Å²) in [4.78, 5) is 28.0. The van der Waals surface area contributed by atoms with E-state index in [9.17, 15) is 9.59 Å². The van der Waals surface area contributed by atoms with Crippen LogP contribution in [0.4, 0.5) is 0 Å². The van der Waals surface area contributed by atoms with E-state index < -0.39 is 6.04 Å². The average Bonchev–Trinajstić information content (AvgIpc) is 2.79. The minimum absolute atomic E-state index is 0.0745. The summed E-state index contributed by atoms with van der Waals surface area (Å²) in [6.45, 7) is 0.315. The van der Waals surface area contributed by atoms with E-state index in [4.69, 9.17) is 23.2 Å². The van der Waals surface area contributed by atoms with Crippen LogP contribution in [0.15, 0.2) is 78.9 Å². The van der Waals surface area contributed by atoms with E-state index in [-0.39, 0.29) is 18.2 Å². The van der Waals surface area contributed by atoms with Crippen molar-refractivity contribution in [2.45, 2.75) is 25.4 Å². The van der Waals surface area contributed by atoms with Gasteiger partial charge in [-0.05, 0) is 28.8 Å². The fourth-order valence-electron chi connectivity index (χ4n) is 3.43. The van der Waals surface area contributed by atoms with Gasteiger partial charge < -0.3 is 10.2 Å². The van der Waals surface area contributed by atoms with E-state index in [0.717, 1.165) is 11.1 Å². The topological polar surface area (TPSA) is 49.4 Å². The fraction of sp³-hybridized carbons (Fsp3) is 0.200. The van der Waals surface area contributed by atoms with E-state index in [2.05, 4.69) is 5.32 Å². The third kappa shape index (κ3) is 6.33. The van der Waals surface area contributed by atoms with Gasteiger partial charge in [-0.2, -0.15) is 0 Å². The highest BCUT2D eigenvalue weighted by Crippen LogP contribution is 2.23. The summed E-state index contributed by atoms with van der Waals surface area (Å²) < 4.78 is 0. The monoisotopic (exact) mass is 454 g/mol. The molecule has 0 bridgehead atoms. The molecule has 0 aromatic heterocycles. The Labute approximate surface area is 192 Å². The standard InChI is InChI=1S/C25H24Cl2N2O2/c1-28-25(31)23(14-18-8-4-2-5-9-18)29(17-19-10-6-3-7-11-19)24(30)15-20-12-13-21(26)16-22(20)27/h2-13,16,23H,14-15,17H2,1H3,(H,28,31)/t23-/m0/s1. The van der Waals surface area contributed by atoms with Crippen LogP contribution >= 0.6 is 23.2 Å². The second-order valence-corrected chi connectivity index (χ2v) is 8.08. The maximum atomic E-state index is 13.5. The first-order chi connectivity index (χ1) is 15.0. The highest BCUT2D eigenvalue weighted by molar-refractivity contribution is 6.35. The van der Waals surface area contributed by atoms with Gasteiger partial charge in [0.25, 0.3) is 0 Å². The molecule has 0 aliphatic rings. The summed E-state index contributed by atoms with van der Waals surface area (Å²) >= 11 is 12.3. The van der Waals surface area contributed by atoms with Crippen molar-refractivity contribution in [2.75, 3.05) is 7.05 Å². The second-order valence-electron chi connectivity index (χ2n) is 7.24. The molecule has 3 aromatic rings. The summed E-state index contributed by atoms with van der Waals surface area (Å²) in [6.07, 6.45) is 0.485. The highest BCUT2D eigenvalue weighted by Gasteiger charge is 2.30. The Morgan fingerprint density at radius 3 is 2.10 bits per heavy atom. The predicted octanol–water partition coefficient (Wildman–Crippen LogP) is 4.92. The van der Waals surface area contributed by atoms with Crippen LogP contribution in [-0.2, 0) is 29.0 Å². The molecule has 0 aliphatic heterocycles. The lowest BCUT2D eigenvalue weighted by molar-refractivity contribution is -0.140. The van der Waals surface area contributed by atoms with Crippen molar-refractivity contribution < 1.29 is 9.59 Å². The molecule has 160 valence electrons. The third-order valence-corrected chi connectivity index (χ3v) is 5.66. The Morgan fingerprint density at radius 1 is 0.903 bits per heavy atom. The number of amides is 2. The number of hydrogen-bond donors (Lipinski definition) is 1. The van der Waals surface area contributed by atoms with Gasteiger partial charge in [0, 0.05) is 30.1 Å². The number of likely N-dealkylation sites (N-methyl/N-ethyl adjacent to an activating group) is 1. The molecule has 0 spiro atoms. The van der Waals surface area contributed by atoms with Crippen molar-refractivity contribution in [3.8, 4) is 0 Å². The van der Waals surface area contributed by atoms with Crippen molar-refractivity contribution in [2.24, 2.45) is 0 Å². The number of benzene rings is 3. The first kappa shape index (κ1) is 22.9. The van der Waals surface area contributed by atoms with Crippen molar-refractivity contribution in [3.63, 3.8) is 0 Å². The van der Waals surface area contributed by atoms with Gasteiger partial charge >= 0.3 is 0 Å². The molecule has 4 nitrogen and oxygen atoms in total. The SMILES string of the molecule is CNC(=O)[C@H](Cc1ccccc1)N(Cc1ccccc1)C(=O)Cc1ccc(Cl)cc1Cl. The van der Waals surface area contributed by atoms with Crippen molar-refractivity contribution in [3.05, 3.63) is 106 Å². The molecule has 1 atom stereocenters. The quantitative estimate of drug-likeness (QED) is 0.524. The first-order valence-corrected chi connectivity index (χ1v) is 10.8. The molecule has 3 rings (SSSR count). The molecule has 1 N–H and O–H groups in total. The largest absolute Gasteiger partial charge is 0.357 e. The Balaban J connectivity index is 1.94. The van der Waals surface area contributed by atoms with Crippen LogP contribution in [0.1, 0.15) is 16.7 Å². The molecule has 3 aromatic carbocycles. The molecule has 0 fully saturated rings. The summed E-state index contributed by atoms with van der Waals surface area (Å²) in [5, 5.41) is 3.65. The number of carbonyl (C=O) groups is 2. The van der Waals surface area contributed by atoms with E-state index in [1.54, 1.807) is 30.1 Å². The number of halogens is 2. The van der Waals surface area contributed by atoms with Crippen LogP contribution < -0.4 is 5.32 Å². The molecule has 0 unspecified atom stereocenters. The molecular weight excluding hydrogens is 431 g/mol. The molecular formula is C25H24Cl2N2O2. The maximum Gasteiger partial charge on any atom is 0.242 e. The summed E-state index contributed by atoms with van der Waals surface area (Å²) in [7, 11) is 1.58. The van der Waals surface area contributed by atoms with Crippen LogP contribution in [-0.4, -0.2) is 29.8 Å². The average molecular weight is 455 g/mol.